The van der Waals surface area contributed by atoms with Crippen molar-refractivity contribution >= 4 is 74.4 Å². The third-order valence-corrected chi connectivity index (χ3v) is 6.85. The van der Waals surface area contributed by atoms with Crippen LogP contribution >= 0.6 is 34.2 Å². The first-order chi connectivity index (χ1) is 18.5. The van der Waals surface area contributed by atoms with Crippen LogP contribution < -0.4 is 16.1 Å². The highest BCUT2D eigenvalue weighted by Gasteiger charge is 2.29. The molecule has 0 unspecified atom stereocenters. The molecule has 0 heterocycles. The molecule has 39 heavy (non-hydrogen) atoms. The molecule has 0 atom stereocenters. The van der Waals surface area contributed by atoms with Crippen LogP contribution in [0.4, 0.5) is 32.8 Å². The van der Waals surface area contributed by atoms with Gasteiger partial charge in [-0.2, -0.15) is 0 Å². The zero-order valence-corrected chi connectivity index (χ0v) is 23.8. The van der Waals surface area contributed by atoms with E-state index >= 15 is 4.39 Å². The van der Waals surface area contributed by atoms with Gasteiger partial charge in [0.2, 0.25) is 0 Å². The van der Waals surface area contributed by atoms with Crippen molar-refractivity contribution in [2.24, 2.45) is 5.92 Å². The van der Waals surface area contributed by atoms with Crippen molar-refractivity contribution in [3.05, 3.63) is 84.2 Å². The van der Waals surface area contributed by atoms with Gasteiger partial charge in [0.15, 0.2) is 11.5 Å². The molecule has 3 N–H and O–H groups in total. The highest BCUT2D eigenvalue weighted by atomic mass is 127. The third-order valence-electron chi connectivity index (χ3n) is 5.87. The van der Waals surface area contributed by atoms with Crippen molar-refractivity contribution in [1.82, 2.24) is 10.4 Å². The SMILES string of the molecule is CN(C)C(=O)c1ccc(Nc2c([N+](=O)[O-])cc(C(=O)NOCC3CC3)c(Nc3ccc(I)cc3Cl)c2F)cc1. The van der Waals surface area contributed by atoms with Gasteiger partial charge in [-0.3, -0.25) is 24.5 Å². The fourth-order valence-electron chi connectivity index (χ4n) is 3.59. The van der Waals surface area contributed by atoms with E-state index in [0.29, 0.717) is 11.5 Å². The monoisotopic (exact) mass is 667 g/mol. The van der Waals surface area contributed by atoms with Gasteiger partial charge in [0.25, 0.3) is 17.5 Å². The Bertz CT molecular complexity index is 1430. The van der Waals surface area contributed by atoms with Gasteiger partial charge in [0.05, 0.1) is 33.5 Å². The van der Waals surface area contributed by atoms with Crippen molar-refractivity contribution < 1.29 is 23.7 Å². The normalized spacial score (nSPS) is 12.5. The number of nitro benzene ring substituents is 1. The van der Waals surface area contributed by atoms with Gasteiger partial charge in [0.1, 0.15) is 0 Å². The smallest absolute Gasteiger partial charge is 0.296 e. The number of carbonyl (C=O) groups is 2. The van der Waals surface area contributed by atoms with E-state index in [0.717, 1.165) is 22.5 Å². The van der Waals surface area contributed by atoms with Crippen LogP contribution in [0.5, 0.6) is 0 Å². The van der Waals surface area contributed by atoms with Gasteiger partial charge >= 0.3 is 0 Å². The third kappa shape index (κ3) is 6.94. The molecule has 204 valence electrons. The Morgan fingerprint density at radius 1 is 1.13 bits per heavy atom. The zero-order valence-electron chi connectivity index (χ0n) is 20.9. The Kier molecular flexibility index (Phi) is 8.87. The Labute approximate surface area is 242 Å². The van der Waals surface area contributed by atoms with Crippen molar-refractivity contribution in [2.45, 2.75) is 12.8 Å². The van der Waals surface area contributed by atoms with Crippen LogP contribution in [0, 0.1) is 25.4 Å². The maximum atomic E-state index is 16.1. The lowest BCUT2D eigenvalue weighted by Gasteiger charge is -2.18. The lowest BCUT2D eigenvalue weighted by atomic mass is 10.1. The largest absolute Gasteiger partial charge is 0.351 e. The molecule has 1 saturated carbocycles. The first kappa shape index (κ1) is 28.5. The number of nitrogens with one attached hydrogen (secondary N) is 3. The topological polar surface area (TPSA) is 126 Å². The summed E-state index contributed by atoms with van der Waals surface area (Å²) >= 11 is 8.40. The molecule has 0 aromatic heterocycles. The first-order valence-corrected chi connectivity index (χ1v) is 13.2. The zero-order chi connectivity index (χ0) is 28.3. The summed E-state index contributed by atoms with van der Waals surface area (Å²) in [4.78, 5) is 43.0. The summed E-state index contributed by atoms with van der Waals surface area (Å²) in [6.07, 6.45) is 1.97. The van der Waals surface area contributed by atoms with Gasteiger partial charge in [0, 0.05) is 35.0 Å². The van der Waals surface area contributed by atoms with Crippen LogP contribution in [-0.2, 0) is 4.84 Å². The Hall–Kier alpha value is -3.49. The minimum Gasteiger partial charge on any atom is -0.351 e. The van der Waals surface area contributed by atoms with E-state index in [9.17, 15) is 19.7 Å². The molecule has 10 nitrogen and oxygen atoms in total. The molecule has 0 aliphatic heterocycles. The average molecular weight is 668 g/mol. The molecule has 1 fully saturated rings. The molecule has 3 aromatic carbocycles. The molecule has 2 amide bonds. The standard InChI is InChI=1S/C26H24ClFIN5O5/c1-33(2)26(36)15-5-8-17(9-6-15)30-24-21(34(37)38)12-18(25(35)32-39-13-14-3-4-14)23(22(24)28)31-20-10-7-16(29)11-19(20)27/h5-12,14,30-31H,3-4,13H2,1-2H3,(H,32,35). The number of halogens is 3. The van der Waals surface area contributed by atoms with E-state index in [1.165, 1.54) is 29.2 Å². The number of hydrogen-bond donors (Lipinski definition) is 3. The van der Waals surface area contributed by atoms with Gasteiger partial charge in [-0.1, -0.05) is 11.6 Å². The fraction of sp³-hybridized carbons (Fsp3) is 0.231. The number of nitro groups is 1. The van der Waals surface area contributed by atoms with Crippen molar-refractivity contribution in [3.8, 4) is 0 Å². The summed E-state index contributed by atoms with van der Waals surface area (Å²) in [5, 5.41) is 17.8. The minimum absolute atomic E-state index is 0.237. The van der Waals surface area contributed by atoms with E-state index < -0.39 is 28.0 Å². The van der Waals surface area contributed by atoms with Crippen LogP contribution in [0.1, 0.15) is 33.6 Å². The predicted molar refractivity (Wildman–Crippen MR) is 154 cm³/mol. The van der Waals surface area contributed by atoms with E-state index in [-0.39, 0.29) is 40.2 Å². The number of benzene rings is 3. The van der Waals surface area contributed by atoms with E-state index in [1.54, 1.807) is 32.3 Å². The highest BCUT2D eigenvalue weighted by molar-refractivity contribution is 14.1. The molecule has 0 saturated heterocycles. The second-order valence-electron chi connectivity index (χ2n) is 9.10. The fourth-order valence-corrected chi connectivity index (χ4v) is 4.49. The Morgan fingerprint density at radius 2 is 1.82 bits per heavy atom. The molecule has 0 spiro atoms. The maximum Gasteiger partial charge on any atom is 0.296 e. The van der Waals surface area contributed by atoms with Crippen LogP contribution in [0.2, 0.25) is 5.02 Å². The Morgan fingerprint density at radius 3 is 2.41 bits per heavy atom. The Balaban J connectivity index is 1.75. The number of rotatable bonds is 10. The van der Waals surface area contributed by atoms with Crippen molar-refractivity contribution in [2.75, 3.05) is 31.3 Å². The van der Waals surface area contributed by atoms with Crippen LogP contribution in [-0.4, -0.2) is 42.3 Å². The molecule has 0 radical (unpaired) electrons. The summed E-state index contributed by atoms with van der Waals surface area (Å²) in [5.74, 6) is -1.84. The van der Waals surface area contributed by atoms with Gasteiger partial charge in [-0.25, -0.2) is 9.87 Å². The summed E-state index contributed by atoms with van der Waals surface area (Å²) in [7, 11) is 3.21. The maximum absolute atomic E-state index is 16.1. The number of carbonyl (C=O) groups excluding carboxylic acids is 2. The summed E-state index contributed by atoms with van der Waals surface area (Å²) in [6, 6.07) is 12.0. The van der Waals surface area contributed by atoms with Crippen molar-refractivity contribution in [3.63, 3.8) is 0 Å². The van der Waals surface area contributed by atoms with Crippen LogP contribution in [0.3, 0.4) is 0 Å². The van der Waals surface area contributed by atoms with E-state index in [2.05, 4.69) is 38.7 Å². The summed E-state index contributed by atoms with van der Waals surface area (Å²) < 4.78 is 16.9. The molecule has 3 aromatic rings. The minimum atomic E-state index is -1.08. The quantitative estimate of drug-likeness (QED) is 0.133. The summed E-state index contributed by atoms with van der Waals surface area (Å²) in [6.45, 7) is 0.286. The van der Waals surface area contributed by atoms with Gasteiger partial charge < -0.3 is 15.5 Å². The summed E-state index contributed by atoms with van der Waals surface area (Å²) in [5.41, 5.74) is 1.37. The van der Waals surface area contributed by atoms with Crippen LogP contribution in [0.15, 0.2) is 48.5 Å². The number of hydrogen-bond acceptors (Lipinski definition) is 7. The van der Waals surface area contributed by atoms with Crippen molar-refractivity contribution in [1.29, 1.82) is 0 Å². The number of amides is 2. The predicted octanol–water partition coefficient (Wildman–Crippen LogP) is 6.25. The molecular formula is C26H24ClFIN5O5. The lowest BCUT2D eigenvalue weighted by molar-refractivity contribution is -0.384. The molecule has 1 aliphatic rings. The average Bonchev–Trinajstić information content (AvgIpc) is 3.72. The van der Waals surface area contributed by atoms with E-state index in [4.69, 9.17) is 16.4 Å². The van der Waals surface area contributed by atoms with Gasteiger partial charge in [-0.05, 0) is 83.8 Å². The highest BCUT2D eigenvalue weighted by Crippen LogP contribution is 2.40. The lowest BCUT2D eigenvalue weighted by Crippen LogP contribution is -2.26. The second kappa shape index (κ2) is 12.1. The number of anilines is 4. The van der Waals surface area contributed by atoms with Crippen LogP contribution in [0.25, 0.3) is 0 Å². The van der Waals surface area contributed by atoms with E-state index in [1.807, 2.05) is 0 Å². The molecule has 13 heteroatoms. The number of nitrogens with zero attached hydrogens (tertiary/aromatic N) is 2. The molecule has 4 rings (SSSR count). The molecule has 1 aliphatic carbocycles. The molecule has 0 bridgehead atoms. The number of hydroxylamine groups is 1. The molecular weight excluding hydrogens is 644 g/mol. The van der Waals surface area contributed by atoms with Gasteiger partial charge in [-0.15, -0.1) is 0 Å². The first-order valence-electron chi connectivity index (χ1n) is 11.8. The second-order valence-corrected chi connectivity index (χ2v) is 10.8.